The highest BCUT2D eigenvalue weighted by Crippen LogP contribution is 2.36. The topological polar surface area (TPSA) is 91.5 Å². The molecule has 6 nitrogen and oxygen atoms in total. The van der Waals surface area contributed by atoms with Crippen LogP contribution in [0.3, 0.4) is 0 Å². The van der Waals surface area contributed by atoms with Crippen LogP contribution in [-0.2, 0) is 0 Å². The first-order valence-corrected chi connectivity index (χ1v) is 14.5. The molecular weight excluding hydrogens is 528 g/mol. The Morgan fingerprint density at radius 2 is 1.56 bits per heavy atom. The molecule has 8 heteroatoms. The first kappa shape index (κ1) is 27.2. The summed E-state index contributed by atoms with van der Waals surface area (Å²) in [5.41, 5.74) is 10.4. The molecule has 39 heavy (non-hydrogen) atoms. The van der Waals surface area contributed by atoms with Crippen molar-refractivity contribution in [3.63, 3.8) is 0 Å². The van der Waals surface area contributed by atoms with E-state index in [-0.39, 0.29) is 24.1 Å². The average Bonchev–Trinajstić information content (AvgIpc) is 3.32. The first-order valence-electron chi connectivity index (χ1n) is 13.4. The van der Waals surface area contributed by atoms with Gasteiger partial charge in [0.25, 0.3) is 0 Å². The molecule has 1 aromatic heterocycles. The number of thiazole rings is 1. The van der Waals surface area contributed by atoms with Gasteiger partial charge >= 0.3 is 6.03 Å². The maximum atomic E-state index is 13.7. The number of carbonyl (C=O) groups excluding carboxylic acids is 1. The number of anilines is 2. The van der Waals surface area contributed by atoms with E-state index in [1.807, 2.05) is 29.2 Å². The second kappa shape index (κ2) is 12.6. The summed E-state index contributed by atoms with van der Waals surface area (Å²) in [7, 11) is 0. The van der Waals surface area contributed by atoms with Gasteiger partial charge in [-0.25, -0.2) is 9.78 Å². The summed E-state index contributed by atoms with van der Waals surface area (Å²) in [6.07, 6.45) is 3.40. The minimum absolute atomic E-state index is 0.0487. The van der Waals surface area contributed by atoms with Gasteiger partial charge in [-0.2, -0.15) is 0 Å². The molecule has 0 radical (unpaired) electrons. The number of hydrogen-bond acceptors (Lipinski definition) is 5. The summed E-state index contributed by atoms with van der Waals surface area (Å²) in [6.45, 7) is 0.574. The maximum absolute atomic E-state index is 13.7. The molecule has 1 heterocycles. The molecule has 0 unspecified atom stereocenters. The fourth-order valence-corrected chi connectivity index (χ4v) is 6.40. The number of urea groups is 1. The van der Waals surface area contributed by atoms with Crippen molar-refractivity contribution < 1.29 is 9.90 Å². The largest absolute Gasteiger partial charge is 0.399 e. The molecule has 5 rings (SSSR count). The van der Waals surface area contributed by atoms with Crippen molar-refractivity contribution in [3.8, 4) is 11.3 Å². The Morgan fingerprint density at radius 1 is 0.974 bits per heavy atom. The van der Waals surface area contributed by atoms with Gasteiger partial charge in [-0.1, -0.05) is 95.7 Å². The summed E-state index contributed by atoms with van der Waals surface area (Å²) in [6, 6.07) is 28.1. The highest BCUT2D eigenvalue weighted by molar-refractivity contribution is 7.20. The lowest BCUT2D eigenvalue weighted by Crippen LogP contribution is -2.46. The fourth-order valence-electron chi connectivity index (χ4n) is 5.32. The van der Waals surface area contributed by atoms with Gasteiger partial charge in [0.15, 0.2) is 5.13 Å². The molecule has 202 valence electrons. The van der Waals surface area contributed by atoms with E-state index in [0.717, 1.165) is 24.8 Å². The zero-order valence-corrected chi connectivity index (χ0v) is 23.2. The number of hydrogen-bond donors (Lipinski definition) is 3. The maximum Gasteiger partial charge on any atom is 0.323 e. The van der Waals surface area contributed by atoms with E-state index in [1.54, 1.807) is 12.1 Å². The van der Waals surface area contributed by atoms with E-state index in [4.69, 9.17) is 17.3 Å². The molecule has 4 N–H and O–H groups in total. The minimum atomic E-state index is -0.298. The van der Waals surface area contributed by atoms with Crippen LogP contribution in [0.2, 0.25) is 4.34 Å². The second-order valence-corrected chi connectivity index (χ2v) is 11.6. The summed E-state index contributed by atoms with van der Waals surface area (Å²) in [5, 5.41) is 13.6. The number of rotatable bonds is 8. The van der Waals surface area contributed by atoms with E-state index < -0.39 is 0 Å². The Balaban J connectivity index is 1.36. The fraction of sp³-hybridized carbons (Fsp3) is 0.290. The number of halogens is 1. The van der Waals surface area contributed by atoms with E-state index in [0.29, 0.717) is 40.2 Å². The average molecular weight is 561 g/mol. The van der Waals surface area contributed by atoms with E-state index in [2.05, 4.69) is 58.8 Å². The van der Waals surface area contributed by atoms with Crippen LogP contribution in [0.25, 0.3) is 11.3 Å². The standard InChI is InChI=1S/C31H33ClN4O2S/c32-29-28(23-11-13-24(33)14-12-23)34-30(39-29)35-31(38)36(25-15-17-26(37)18-16-25)20-19-27(21-7-3-1-4-8-21)22-9-5-2-6-10-22/h1-14,25-27,37H,15-20,33H2,(H,34,35,38). The minimum Gasteiger partial charge on any atom is -0.399 e. The predicted octanol–water partition coefficient (Wildman–Crippen LogP) is 7.41. The molecule has 1 aliphatic rings. The number of carbonyl (C=O) groups is 1. The first-order chi connectivity index (χ1) is 19.0. The van der Waals surface area contributed by atoms with Crippen molar-refractivity contribution in [2.75, 3.05) is 17.6 Å². The second-order valence-electron chi connectivity index (χ2n) is 10.0. The van der Waals surface area contributed by atoms with Crippen molar-refractivity contribution in [3.05, 3.63) is 100 Å². The number of nitrogens with zero attached hydrogens (tertiary/aromatic N) is 2. The van der Waals surface area contributed by atoms with Gasteiger partial charge in [-0.05, 0) is 55.4 Å². The Morgan fingerprint density at radius 3 is 2.15 bits per heavy atom. The Kier molecular flexibility index (Phi) is 8.81. The van der Waals surface area contributed by atoms with Crippen LogP contribution in [0, 0.1) is 0 Å². The molecule has 1 aliphatic carbocycles. The molecule has 0 atom stereocenters. The third-order valence-electron chi connectivity index (χ3n) is 7.41. The number of aliphatic hydroxyl groups is 1. The van der Waals surface area contributed by atoms with Crippen LogP contribution in [0.5, 0.6) is 0 Å². The van der Waals surface area contributed by atoms with Crippen LogP contribution in [0.1, 0.15) is 49.1 Å². The van der Waals surface area contributed by atoms with Gasteiger partial charge in [0.05, 0.1) is 6.10 Å². The van der Waals surface area contributed by atoms with Gasteiger partial charge in [-0.3, -0.25) is 5.32 Å². The van der Waals surface area contributed by atoms with Gasteiger partial charge < -0.3 is 15.7 Å². The van der Waals surface area contributed by atoms with Gasteiger partial charge in [0.2, 0.25) is 0 Å². The lowest BCUT2D eigenvalue weighted by atomic mass is 9.87. The normalized spacial score (nSPS) is 17.2. The third kappa shape index (κ3) is 6.79. The molecule has 0 spiro atoms. The zero-order chi connectivity index (χ0) is 27.2. The SMILES string of the molecule is Nc1ccc(-c2nc(NC(=O)N(CCC(c3ccccc3)c3ccccc3)C3CCC(O)CC3)sc2Cl)cc1. The molecule has 3 aromatic carbocycles. The van der Waals surface area contributed by atoms with Gasteiger partial charge in [0, 0.05) is 29.8 Å². The monoisotopic (exact) mass is 560 g/mol. The molecule has 0 saturated heterocycles. The molecule has 4 aromatic rings. The van der Waals surface area contributed by atoms with Crippen molar-refractivity contribution in [2.24, 2.45) is 0 Å². The van der Waals surface area contributed by atoms with E-state index >= 15 is 0 Å². The van der Waals surface area contributed by atoms with Crippen molar-refractivity contribution >= 4 is 39.8 Å². The number of nitrogen functional groups attached to an aromatic ring is 1. The van der Waals surface area contributed by atoms with Gasteiger partial charge in [0.1, 0.15) is 10.0 Å². The van der Waals surface area contributed by atoms with E-state index in [1.165, 1.54) is 22.5 Å². The summed E-state index contributed by atoms with van der Waals surface area (Å²) < 4.78 is 0.510. The number of aromatic nitrogens is 1. The lowest BCUT2D eigenvalue weighted by molar-refractivity contribution is 0.0864. The Bertz CT molecular complexity index is 1320. The molecular formula is C31H33ClN4O2S. The quantitative estimate of drug-likeness (QED) is 0.196. The molecule has 2 amide bonds. The summed E-state index contributed by atoms with van der Waals surface area (Å²) in [4.78, 5) is 20.3. The van der Waals surface area contributed by atoms with Crippen molar-refractivity contribution in [1.29, 1.82) is 0 Å². The highest BCUT2D eigenvalue weighted by atomic mass is 35.5. The number of benzene rings is 3. The Hall–Kier alpha value is -3.39. The number of nitrogens with one attached hydrogen (secondary N) is 1. The molecule has 1 saturated carbocycles. The Labute approximate surface area is 238 Å². The summed E-state index contributed by atoms with van der Waals surface area (Å²) in [5.74, 6) is 0.156. The molecule has 0 aliphatic heterocycles. The van der Waals surface area contributed by atoms with Crippen LogP contribution < -0.4 is 11.1 Å². The van der Waals surface area contributed by atoms with Crippen LogP contribution >= 0.6 is 22.9 Å². The summed E-state index contributed by atoms with van der Waals surface area (Å²) >= 11 is 7.77. The predicted molar refractivity (Wildman–Crippen MR) is 160 cm³/mol. The molecule has 0 bridgehead atoms. The smallest absolute Gasteiger partial charge is 0.323 e. The highest BCUT2D eigenvalue weighted by Gasteiger charge is 2.30. The van der Waals surface area contributed by atoms with Crippen LogP contribution in [0.4, 0.5) is 15.6 Å². The third-order valence-corrected chi connectivity index (χ3v) is 8.58. The molecule has 1 fully saturated rings. The van der Waals surface area contributed by atoms with Crippen molar-refractivity contribution in [1.82, 2.24) is 9.88 Å². The van der Waals surface area contributed by atoms with E-state index in [9.17, 15) is 9.90 Å². The zero-order valence-electron chi connectivity index (χ0n) is 21.7. The number of nitrogens with two attached hydrogens (primary N) is 1. The van der Waals surface area contributed by atoms with Crippen molar-refractivity contribution in [2.45, 2.75) is 50.2 Å². The number of aliphatic hydroxyl groups excluding tert-OH is 1. The van der Waals surface area contributed by atoms with Crippen LogP contribution in [0.15, 0.2) is 84.9 Å². The van der Waals surface area contributed by atoms with Crippen LogP contribution in [-0.4, -0.2) is 39.7 Å². The number of amides is 2. The van der Waals surface area contributed by atoms with Gasteiger partial charge in [-0.15, -0.1) is 0 Å². The lowest BCUT2D eigenvalue weighted by Gasteiger charge is -2.36.